The van der Waals surface area contributed by atoms with Gasteiger partial charge in [-0.1, -0.05) is 58.9 Å². The molecule has 1 heterocycles. The first-order valence-corrected chi connectivity index (χ1v) is 12.6. The summed E-state index contributed by atoms with van der Waals surface area (Å²) in [7, 11) is 4.01. The molecule has 0 aliphatic heterocycles. The fourth-order valence-electron chi connectivity index (χ4n) is 4.41. The Kier molecular flexibility index (Phi) is 8.49. The third-order valence-corrected chi connectivity index (χ3v) is 6.45. The quantitative estimate of drug-likeness (QED) is 0.423. The molecule has 0 saturated carbocycles. The molecule has 35 heavy (non-hydrogen) atoms. The Morgan fingerprint density at radius 1 is 1.00 bits per heavy atom. The standard InChI is InChI=1S/C29H40N4O2/c1-8-18-33-26(30-24-13-11-10-12-23(24)28(33)35)25(9-2)32(20-19-31(6)7)27(34)21-14-16-22(17-15-21)29(3,4)5/h10-17,25H,8-9,18-20H2,1-7H3. The highest BCUT2D eigenvalue weighted by atomic mass is 16.2. The number of nitrogens with zero attached hydrogens (tertiary/aromatic N) is 4. The lowest BCUT2D eigenvalue weighted by Crippen LogP contribution is -2.42. The van der Waals surface area contributed by atoms with E-state index in [0.29, 0.717) is 48.3 Å². The van der Waals surface area contributed by atoms with Crippen LogP contribution in [-0.2, 0) is 12.0 Å². The topological polar surface area (TPSA) is 58.4 Å². The summed E-state index contributed by atoms with van der Waals surface area (Å²) in [6.45, 7) is 12.4. The van der Waals surface area contributed by atoms with Crippen LogP contribution >= 0.6 is 0 Å². The number of hydrogen-bond acceptors (Lipinski definition) is 4. The Balaban J connectivity index is 2.12. The molecule has 0 aliphatic rings. The molecule has 1 atom stereocenters. The van der Waals surface area contributed by atoms with Crippen LogP contribution in [0.2, 0.25) is 0 Å². The first-order valence-electron chi connectivity index (χ1n) is 12.6. The Hall–Kier alpha value is -2.99. The molecule has 3 rings (SSSR count). The van der Waals surface area contributed by atoms with Crippen molar-refractivity contribution in [1.82, 2.24) is 19.4 Å². The van der Waals surface area contributed by atoms with Crippen LogP contribution in [0, 0.1) is 0 Å². The lowest BCUT2D eigenvalue weighted by molar-refractivity contribution is 0.0641. The van der Waals surface area contributed by atoms with Crippen molar-refractivity contribution < 1.29 is 4.79 Å². The van der Waals surface area contributed by atoms with Gasteiger partial charge in [-0.05, 0) is 62.2 Å². The monoisotopic (exact) mass is 476 g/mol. The predicted molar refractivity (Wildman–Crippen MR) is 144 cm³/mol. The van der Waals surface area contributed by atoms with Crippen LogP contribution in [0.4, 0.5) is 0 Å². The van der Waals surface area contributed by atoms with Crippen molar-refractivity contribution in [3.05, 3.63) is 75.8 Å². The van der Waals surface area contributed by atoms with E-state index in [-0.39, 0.29) is 22.9 Å². The minimum atomic E-state index is -0.311. The van der Waals surface area contributed by atoms with Gasteiger partial charge in [0.1, 0.15) is 5.82 Å². The lowest BCUT2D eigenvalue weighted by Gasteiger charge is -2.33. The number of likely N-dealkylation sites (N-methyl/N-ethyl adjacent to an activating group) is 1. The Morgan fingerprint density at radius 3 is 2.23 bits per heavy atom. The zero-order valence-corrected chi connectivity index (χ0v) is 22.3. The van der Waals surface area contributed by atoms with E-state index in [4.69, 9.17) is 4.98 Å². The molecule has 2 aromatic carbocycles. The Labute approximate surface area is 209 Å². The van der Waals surface area contributed by atoms with Gasteiger partial charge in [-0.2, -0.15) is 0 Å². The average Bonchev–Trinajstić information content (AvgIpc) is 2.82. The van der Waals surface area contributed by atoms with Gasteiger partial charge in [0.2, 0.25) is 0 Å². The summed E-state index contributed by atoms with van der Waals surface area (Å²) in [5.74, 6) is 0.626. The number of carbonyl (C=O) groups is 1. The van der Waals surface area contributed by atoms with E-state index in [1.807, 2.05) is 67.5 Å². The van der Waals surface area contributed by atoms with Crippen LogP contribution in [0.25, 0.3) is 10.9 Å². The Bertz CT molecular complexity index is 1210. The molecule has 1 amide bonds. The molecular formula is C29H40N4O2. The molecule has 6 heteroatoms. The number of aromatic nitrogens is 2. The van der Waals surface area contributed by atoms with Gasteiger partial charge in [-0.25, -0.2) is 4.98 Å². The van der Waals surface area contributed by atoms with Crippen molar-refractivity contribution in [3.63, 3.8) is 0 Å². The predicted octanol–water partition coefficient (Wildman–Crippen LogP) is 5.26. The van der Waals surface area contributed by atoms with Crippen LogP contribution in [0.1, 0.15) is 75.2 Å². The van der Waals surface area contributed by atoms with Gasteiger partial charge in [0, 0.05) is 25.2 Å². The van der Waals surface area contributed by atoms with Crippen molar-refractivity contribution >= 4 is 16.8 Å². The van der Waals surface area contributed by atoms with E-state index in [2.05, 4.69) is 39.5 Å². The van der Waals surface area contributed by atoms with Gasteiger partial charge < -0.3 is 9.80 Å². The van der Waals surface area contributed by atoms with Crippen molar-refractivity contribution in [2.75, 3.05) is 27.2 Å². The summed E-state index contributed by atoms with van der Waals surface area (Å²) in [6, 6.07) is 15.1. The van der Waals surface area contributed by atoms with E-state index in [1.165, 1.54) is 5.56 Å². The average molecular weight is 477 g/mol. The zero-order valence-electron chi connectivity index (χ0n) is 22.3. The highest BCUT2D eigenvalue weighted by Crippen LogP contribution is 2.27. The molecule has 0 saturated heterocycles. The minimum Gasteiger partial charge on any atom is -0.327 e. The summed E-state index contributed by atoms with van der Waals surface area (Å²) in [5.41, 5.74) is 2.49. The van der Waals surface area contributed by atoms with Crippen LogP contribution in [-0.4, -0.2) is 52.4 Å². The third kappa shape index (κ3) is 5.99. The van der Waals surface area contributed by atoms with Crippen molar-refractivity contribution in [2.24, 2.45) is 0 Å². The lowest BCUT2D eigenvalue weighted by atomic mass is 9.86. The second-order valence-electron chi connectivity index (χ2n) is 10.5. The summed E-state index contributed by atoms with van der Waals surface area (Å²) < 4.78 is 1.77. The second-order valence-corrected chi connectivity index (χ2v) is 10.5. The van der Waals surface area contributed by atoms with Gasteiger partial charge in [-0.3, -0.25) is 14.2 Å². The van der Waals surface area contributed by atoms with Crippen molar-refractivity contribution in [3.8, 4) is 0 Å². The van der Waals surface area contributed by atoms with Crippen LogP contribution in [0.3, 0.4) is 0 Å². The van der Waals surface area contributed by atoms with Gasteiger partial charge >= 0.3 is 0 Å². The zero-order chi connectivity index (χ0) is 25.8. The van der Waals surface area contributed by atoms with Gasteiger partial charge in [-0.15, -0.1) is 0 Å². The number of para-hydroxylation sites is 1. The smallest absolute Gasteiger partial charge is 0.261 e. The molecule has 0 spiro atoms. The van der Waals surface area contributed by atoms with Crippen LogP contribution in [0.15, 0.2) is 53.3 Å². The number of fused-ring (bicyclic) bond motifs is 1. The maximum Gasteiger partial charge on any atom is 0.261 e. The fourth-order valence-corrected chi connectivity index (χ4v) is 4.41. The molecule has 188 valence electrons. The minimum absolute atomic E-state index is 0.0172. The maximum absolute atomic E-state index is 13.9. The number of carbonyl (C=O) groups excluding carboxylic acids is 1. The second kappa shape index (κ2) is 11.2. The molecular weight excluding hydrogens is 436 g/mol. The molecule has 3 aromatic rings. The Morgan fingerprint density at radius 2 is 1.66 bits per heavy atom. The van der Waals surface area contributed by atoms with E-state index in [9.17, 15) is 9.59 Å². The third-order valence-electron chi connectivity index (χ3n) is 6.45. The van der Waals surface area contributed by atoms with E-state index < -0.39 is 0 Å². The summed E-state index contributed by atoms with van der Waals surface area (Å²) in [4.78, 5) is 36.3. The number of rotatable bonds is 9. The number of hydrogen-bond donors (Lipinski definition) is 0. The normalized spacial score (nSPS) is 12.8. The summed E-state index contributed by atoms with van der Waals surface area (Å²) in [6.07, 6.45) is 1.47. The maximum atomic E-state index is 13.9. The largest absolute Gasteiger partial charge is 0.327 e. The van der Waals surface area contributed by atoms with Gasteiger partial charge in [0.15, 0.2) is 0 Å². The molecule has 0 fully saturated rings. The summed E-state index contributed by atoms with van der Waals surface area (Å²) in [5, 5.41) is 0.614. The molecule has 6 nitrogen and oxygen atoms in total. The molecule has 0 radical (unpaired) electrons. The first-order chi connectivity index (χ1) is 16.6. The number of amides is 1. The van der Waals surface area contributed by atoms with Crippen LogP contribution in [0.5, 0.6) is 0 Å². The fraction of sp³-hybridized carbons (Fsp3) is 0.483. The summed E-state index contributed by atoms with van der Waals surface area (Å²) >= 11 is 0. The van der Waals surface area contributed by atoms with Crippen molar-refractivity contribution in [1.29, 1.82) is 0 Å². The molecule has 0 N–H and O–H groups in total. The van der Waals surface area contributed by atoms with Crippen molar-refractivity contribution in [2.45, 2.75) is 65.5 Å². The van der Waals surface area contributed by atoms with Gasteiger partial charge in [0.05, 0.1) is 16.9 Å². The van der Waals surface area contributed by atoms with E-state index in [1.54, 1.807) is 4.57 Å². The van der Waals surface area contributed by atoms with E-state index in [0.717, 1.165) is 6.42 Å². The van der Waals surface area contributed by atoms with Crippen LogP contribution < -0.4 is 5.56 Å². The molecule has 0 bridgehead atoms. The molecule has 1 unspecified atom stereocenters. The SMILES string of the molecule is CCCn1c(C(CC)N(CCN(C)C)C(=O)c2ccc(C(C)(C)C)cc2)nc2ccccc2c1=O. The van der Waals surface area contributed by atoms with E-state index >= 15 is 0 Å². The molecule has 0 aliphatic carbocycles. The highest BCUT2D eigenvalue weighted by Gasteiger charge is 2.29. The number of benzene rings is 2. The highest BCUT2D eigenvalue weighted by molar-refractivity contribution is 5.94. The molecule has 1 aromatic heterocycles. The van der Waals surface area contributed by atoms with Gasteiger partial charge in [0.25, 0.3) is 11.5 Å². The first kappa shape index (κ1) is 26.6.